The Labute approximate surface area is 164 Å². The Kier molecular flexibility index (Phi) is 4.09. The van der Waals surface area contributed by atoms with Crippen LogP contribution < -0.4 is 5.32 Å². The highest BCUT2D eigenvalue weighted by atomic mass is 16.2. The third kappa shape index (κ3) is 2.32. The summed E-state index contributed by atoms with van der Waals surface area (Å²) in [5.41, 5.74) is 0.0363. The zero-order valence-corrected chi connectivity index (χ0v) is 17.4. The zero-order valence-electron chi connectivity index (χ0n) is 17.4. The van der Waals surface area contributed by atoms with Crippen molar-refractivity contribution in [1.29, 1.82) is 0 Å². The molecule has 150 valence electrons. The summed E-state index contributed by atoms with van der Waals surface area (Å²) in [6, 6.07) is -0.222. The Morgan fingerprint density at radius 2 is 1.70 bits per heavy atom. The lowest BCUT2D eigenvalue weighted by Gasteiger charge is -2.62. The third-order valence-corrected chi connectivity index (χ3v) is 10.4. The van der Waals surface area contributed by atoms with E-state index in [0.29, 0.717) is 41.8 Å². The molecule has 0 radical (unpaired) electrons. The van der Waals surface area contributed by atoms with Gasteiger partial charge >= 0.3 is 0 Å². The van der Waals surface area contributed by atoms with Crippen molar-refractivity contribution in [3.63, 3.8) is 0 Å². The SMILES string of the molecule is C[C@@H]1CCC(=O)N[C@@H]2C(=O)[C@]3(C)[C@H](CC[C@@H]13)[C@H]1CC[C@@H]3CCCC[C@]3(C)[C@@H]12. The number of carbonyl (C=O) groups excluding carboxylic acids is 2. The summed E-state index contributed by atoms with van der Waals surface area (Å²) in [4.78, 5) is 26.8. The number of rotatable bonds is 0. The number of ketones is 1. The van der Waals surface area contributed by atoms with E-state index in [1.54, 1.807) is 0 Å². The quantitative estimate of drug-likeness (QED) is 0.668. The van der Waals surface area contributed by atoms with Gasteiger partial charge < -0.3 is 5.32 Å². The highest BCUT2D eigenvalue weighted by Crippen LogP contribution is 2.67. The Morgan fingerprint density at radius 1 is 0.926 bits per heavy atom. The van der Waals surface area contributed by atoms with Crippen molar-refractivity contribution in [2.45, 2.75) is 91.0 Å². The molecule has 9 atom stereocenters. The van der Waals surface area contributed by atoms with Gasteiger partial charge in [0.1, 0.15) is 0 Å². The lowest BCUT2D eigenvalue weighted by atomic mass is 9.43. The Balaban J connectivity index is 1.63. The summed E-state index contributed by atoms with van der Waals surface area (Å²) in [7, 11) is 0. The van der Waals surface area contributed by atoms with Gasteiger partial charge in [0.2, 0.25) is 5.91 Å². The molecule has 2 bridgehead atoms. The molecule has 3 nitrogen and oxygen atoms in total. The van der Waals surface area contributed by atoms with E-state index in [0.717, 1.165) is 12.3 Å². The summed E-state index contributed by atoms with van der Waals surface area (Å²) in [6.07, 6.45) is 11.8. The molecule has 0 aromatic rings. The summed E-state index contributed by atoms with van der Waals surface area (Å²) >= 11 is 0. The summed E-state index contributed by atoms with van der Waals surface area (Å²) < 4.78 is 0. The van der Waals surface area contributed by atoms with Gasteiger partial charge in [-0.15, -0.1) is 0 Å². The second-order valence-electron chi connectivity index (χ2n) is 11.2. The maximum atomic E-state index is 14.1. The van der Waals surface area contributed by atoms with Crippen LogP contribution in [-0.2, 0) is 9.59 Å². The second kappa shape index (κ2) is 6.07. The molecule has 1 saturated heterocycles. The highest BCUT2D eigenvalue weighted by molar-refractivity contribution is 5.95. The minimum Gasteiger partial charge on any atom is -0.346 e. The molecule has 27 heavy (non-hydrogen) atoms. The lowest BCUT2D eigenvalue weighted by molar-refractivity contribution is -0.165. The number of Topliss-reactive ketones (excluding diaryl/α,β-unsaturated/α-hetero) is 1. The van der Waals surface area contributed by atoms with Crippen molar-refractivity contribution in [2.24, 2.45) is 46.3 Å². The largest absolute Gasteiger partial charge is 0.346 e. The second-order valence-corrected chi connectivity index (χ2v) is 11.2. The first kappa shape index (κ1) is 18.2. The van der Waals surface area contributed by atoms with Crippen molar-refractivity contribution < 1.29 is 9.59 Å². The van der Waals surface area contributed by atoms with Crippen LogP contribution in [0, 0.1) is 46.3 Å². The Morgan fingerprint density at radius 3 is 2.52 bits per heavy atom. The summed E-state index contributed by atoms with van der Waals surface area (Å²) in [6.45, 7) is 7.08. The van der Waals surface area contributed by atoms with E-state index in [4.69, 9.17) is 0 Å². The van der Waals surface area contributed by atoms with E-state index in [1.165, 1.54) is 51.4 Å². The van der Waals surface area contributed by atoms with Gasteiger partial charge in [-0.25, -0.2) is 0 Å². The van der Waals surface area contributed by atoms with Crippen LogP contribution in [0.1, 0.15) is 85.0 Å². The van der Waals surface area contributed by atoms with Gasteiger partial charge in [0.05, 0.1) is 6.04 Å². The maximum Gasteiger partial charge on any atom is 0.220 e. The molecule has 5 aliphatic rings. The summed E-state index contributed by atoms with van der Waals surface area (Å²) in [5.74, 6) is 3.80. The molecule has 4 aliphatic carbocycles. The lowest BCUT2D eigenvalue weighted by Crippen LogP contribution is -2.67. The van der Waals surface area contributed by atoms with E-state index in [-0.39, 0.29) is 22.8 Å². The molecule has 5 rings (SSSR count). The van der Waals surface area contributed by atoms with E-state index < -0.39 is 0 Å². The third-order valence-electron chi connectivity index (χ3n) is 10.4. The molecule has 1 heterocycles. The summed E-state index contributed by atoms with van der Waals surface area (Å²) in [5, 5.41) is 3.32. The van der Waals surface area contributed by atoms with Crippen LogP contribution in [0.5, 0.6) is 0 Å². The Hall–Kier alpha value is -0.860. The molecular weight excluding hydrogens is 334 g/mol. The molecule has 0 aromatic carbocycles. The van der Waals surface area contributed by atoms with Crippen molar-refractivity contribution in [3.8, 4) is 0 Å². The van der Waals surface area contributed by atoms with E-state index in [1.807, 2.05) is 0 Å². The monoisotopic (exact) mass is 371 g/mol. The van der Waals surface area contributed by atoms with Crippen molar-refractivity contribution in [3.05, 3.63) is 0 Å². The molecule has 0 aromatic heterocycles. The molecule has 4 saturated carbocycles. The normalized spacial score (nSPS) is 54.9. The number of hydrogen-bond acceptors (Lipinski definition) is 2. The first-order chi connectivity index (χ1) is 12.9. The fourth-order valence-corrected chi connectivity index (χ4v) is 9.08. The van der Waals surface area contributed by atoms with Gasteiger partial charge in [0.15, 0.2) is 5.78 Å². The predicted molar refractivity (Wildman–Crippen MR) is 106 cm³/mol. The van der Waals surface area contributed by atoms with Crippen LogP contribution in [0.4, 0.5) is 0 Å². The van der Waals surface area contributed by atoms with Crippen LogP contribution in [0.25, 0.3) is 0 Å². The molecule has 1 amide bonds. The molecule has 5 fully saturated rings. The van der Waals surface area contributed by atoms with Crippen LogP contribution >= 0.6 is 0 Å². The molecular formula is C24H37NO2. The fraction of sp³-hybridized carbons (Fsp3) is 0.917. The van der Waals surface area contributed by atoms with Crippen LogP contribution in [0.3, 0.4) is 0 Å². The first-order valence-corrected chi connectivity index (χ1v) is 11.7. The van der Waals surface area contributed by atoms with Gasteiger partial charge in [0.25, 0.3) is 0 Å². The van der Waals surface area contributed by atoms with Gasteiger partial charge in [-0.1, -0.05) is 33.6 Å². The molecule has 0 spiro atoms. The fourth-order valence-electron chi connectivity index (χ4n) is 9.08. The van der Waals surface area contributed by atoms with Gasteiger partial charge in [-0.2, -0.15) is 0 Å². The number of nitrogens with one attached hydrogen (secondary N) is 1. The molecule has 1 aliphatic heterocycles. The smallest absolute Gasteiger partial charge is 0.220 e. The van der Waals surface area contributed by atoms with Crippen LogP contribution in [0.15, 0.2) is 0 Å². The number of hydrogen-bond donors (Lipinski definition) is 1. The number of amides is 1. The van der Waals surface area contributed by atoms with Crippen molar-refractivity contribution in [1.82, 2.24) is 5.32 Å². The standard InChI is InChI=1S/C24H37NO2/c1-14-7-12-19(26)25-21-20-16(9-8-15-6-4-5-13-23(15,20)2)18-11-10-17(14)24(18,3)22(21)27/h14-18,20-21H,4-13H2,1-3H3,(H,25,26)/t14-,15+,16-,17+,18-,20+,21+,23+,24+/m1/s1. The highest BCUT2D eigenvalue weighted by Gasteiger charge is 2.67. The average molecular weight is 372 g/mol. The van der Waals surface area contributed by atoms with Gasteiger partial charge in [0, 0.05) is 11.8 Å². The minimum absolute atomic E-state index is 0.127. The Bertz CT molecular complexity index is 659. The van der Waals surface area contributed by atoms with Gasteiger partial charge in [-0.05, 0) is 85.9 Å². The van der Waals surface area contributed by atoms with Crippen molar-refractivity contribution in [2.75, 3.05) is 0 Å². The molecule has 0 unspecified atom stereocenters. The number of fused-ring (bicyclic) bond motifs is 6. The zero-order chi connectivity index (χ0) is 19.0. The van der Waals surface area contributed by atoms with E-state index >= 15 is 0 Å². The number of carbonyl (C=O) groups is 2. The van der Waals surface area contributed by atoms with Gasteiger partial charge in [-0.3, -0.25) is 9.59 Å². The topological polar surface area (TPSA) is 46.2 Å². The predicted octanol–water partition coefficient (Wildman–Crippen LogP) is 4.74. The van der Waals surface area contributed by atoms with Crippen LogP contribution in [-0.4, -0.2) is 17.7 Å². The first-order valence-electron chi connectivity index (χ1n) is 11.7. The van der Waals surface area contributed by atoms with E-state index in [2.05, 4.69) is 26.1 Å². The van der Waals surface area contributed by atoms with Crippen molar-refractivity contribution >= 4 is 11.7 Å². The minimum atomic E-state index is -0.222. The van der Waals surface area contributed by atoms with Crippen LogP contribution in [0.2, 0.25) is 0 Å². The molecule has 1 N–H and O–H groups in total. The van der Waals surface area contributed by atoms with E-state index in [9.17, 15) is 9.59 Å². The average Bonchev–Trinajstić information content (AvgIpc) is 3.00. The molecule has 3 heteroatoms. The maximum absolute atomic E-state index is 14.1.